The van der Waals surface area contributed by atoms with Gasteiger partial charge in [0.15, 0.2) is 0 Å². The Labute approximate surface area is 193 Å². The summed E-state index contributed by atoms with van der Waals surface area (Å²) in [4.78, 5) is 0. The summed E-state index contributed by atoms with van der Waals surface area (Å²) in [5.74, 6) is 0. The molecule has 4 rings (SSSR count). The average Bonchev–Trinajstić information content (AvgIpc) is 2.77. The van der Waals surface area contributed by atoms with Gasteiger partial charge in [-0.1, -0.05) is 125 Å². The maximum atomic E-state index is 3.65. The van der Waals surface area contributed by atoms with Crippen molar-refractivity contribution in [1.82, 2.24) is 0 Å². The van der Waals surface area contributed by atoms with E-state index in [1.807, 2.05) is 0 Å². The lowest BCUT2D eigenvalue weighted by molar-refractivity contribution is 1.16. The van der Waals surface area contributed by atoms with E-state index in [0.717, 1.165) is 11.8 Å². The summed E-state index contributed by atoms with van der Waals surface area (Å²) in [6.07, 6.45) is 0.955. The predicted octanol–water partition coefficient (Wildman–Crippen LogP) is 6.51. The number of halogens is 2. The maximum Gasteiger partial charge on any atom is 0.0285 e. The molecular weight excluding hydrogens is 503 g/mol. The molecule has 0 bridgehead atoms. The monoisotopic (exact) mass is 524 g/mol. The summed E-state index contributed by atoms with van der Waals surface area (Å²) >= 11 is 3.65. The molecule has 0 saturated carbocycles. The summed E-state index contributed by atoms with van der Waals surface area (Å²) in [7, 11) is -0.589. The third-order valence-electron chi connectivity index (χ3n) is 4.90. The molecule has 0 spiro atoms. The van der Waals surface area contributed by atoms with Gasteiger partial charge in [-0.25, -0.2) is 0 Å². The van der Waals surface area contributed by atoms with Crippen molar-refractivity contribution >= 4 is 56.7 Å². The smallest absolute Gasteiger partial charge is 0.0285 e. The van der Waals surface area contributed by atoms with Gasteiger partial charge in [0, 0.05) is 5.33 Å². The van der Waals surface area contributed by atoms with E-state index >= 15 is 0 Å². The van der Waals surface area contributed by atoms with E-state index in [1.165, 1.54) is 32.6 Å². The molecule has 0 fully saturated rings. The van der Waals surface area contributed by atoms with Gasteiger partial charge in [-0.2, -0.15) is 0 Å². The topological polar surface area (TPSA) is 0 Å². The van der Waals surface area contributed by atoms with Crippen LogP contribution in [-0.2, 0) is 11.8 Å². The third kappa shape index (κ3) is 5.25. The SMILES string of the molecule is Br.BrCc1ccccc1Cc1ccccc1P(c1ccccc1)c1ccccc1. The Morgan fingerprint density at radius 1 is 0.517 bits per heavy atom. The Morgan fingerprint density at radius 2 is 0.966 bits per heavy atom. The summed E-state index contributed by atoms with van der Waals surface area (Å²) in [6, 6.07) is 39.5. The number of rotatable bonds is 6. The van der Waals surface area contributed by atoms with Crippen molar-refractivity contribution in [2.45, 2.75) is 11.8 Å². The molecule has 0 atom stereocenters. The van der Waals surface area contributed by atoms with E-state index in [0.29, 0.717) is 0 Å². The fourth-order valence-corrected chi connectivity index (χ4v) is 6.54. The Balaban J connectivity index is 0.00000240. The highest BCUT2D eigenvalue weighted by molar-refractivity contribution is 9.08. The van der Waals surface area contributed by atoms with Crippen LogP contribution < -0.4 is 15.9 Å². The lowest BCUT2D eigenvalue weighted by Crippen LogP contribution is -2.23. The summed E-state index contributed by atoms with van der Waals surface area (Å²) in [5, 5.41) is 5.12. The fourth-order valence-electron chi connectivity index (χ4n) is 3.53. The maximum absolute atomic E-state index is 3.65. The Morgan fingerprint density at radius 3 is 1.52 bits per heavy atom. The number of alkyl halides is 1. The summed E-state index contributed by atoms with van der Waals surface area (Å²) in [6.45, 7) is 0. The van der Waals surface area contributed by atoms with Gasteiger partial charge in [0.25, 0.3) is 0 Å². The molecule has 146 valence electrons. The molecule has 0 aromatic heterocycles. The molecule has 0 aliphatic carbocycles. The van der Waals surface area contributed by atoms with Gasteiger partial charge in [0.2, 0.25) is 0 Å². The van der Waals surface area contributed by atoms with Crippen LogP contribution in [0.15, 0.2) is 109 Å². The van der Waals surface area contributed by atoms with Crippen molar-refractivity contribution in [2.75, 3.05) is 0 Å². The number of hydrogen-bond donors (Lipinski definition) is 0. The molecule has 0 amide bonds. The van der Waals surface area contributed by atoms with Crippen LogP contribution in [0, 0.1) is 0 Å². The Bertz CT molecular complexity index is 993. The first kappa shape index (κ1) is 22.0. The van der Waals surface area contributed by atoms with E-state index in [4.69, 9.17) is 0 Å². The molecule has 0 aliphatic heterocycles. The van der Waals surface area contributed by atoms with Crippen molar-refractivity contribution < 1.29 is 0 Å². The first-order chi connectivity index (χ1) is 13.9. The normalized spacial score (nSPS) is 10.6. The third-order valence-corrected chi connectivity index (χ3v) is 8.06. The lowest BCUT2D eigenvalue weighted by Gasteiger charge is -2.22. The van der Waals surface area contributed by atoms with Crippen LogP contribution in [0.2, 0.25) is 0 Å². The van der Waals surface area contributed by atoms with Gasteiger partial charge in [0.05, 0.1) is 0 Å². The highest BCUT2D eigenvalue weighted by Crippen LogP contribution is 2.34. The zero-order valence-corrected chi connectivity index (χ0v) is 20.2. The van der Waals surface area contributed by atoms with Crippen molar-refractivity contribution in [3.05, 3.63) is 126 Å². The molecule has 0 N–H and O–H groups in total. The first-order valence-electron chi connectivity index (χ1n) is 9.47. The highest BCUT2D eigenvalue weighted by atomic mass is 79.9. The van der Waals surface area contributed by atoms with Gasteiger partial charge in [-0.15, -0.1) is 17.0 Å². The molecule has 0 nitrogen and oxygen atoms in total. The van der Waals surface area contributed by atoms with Crippen molar-refractivity contribution in [3.63, 3.8) is 0 Å². The van der Waals surface area contributed by atoms with E-state index in [1.54, 1.807) is 0 Å². The van der Waals surface area contributed by atoms with Crippen molar-refractivity contribution in [2.24, 2.45) is 0 Å². The Hall–Kier alpha value is -1.73. The standard InChI is InChI=1S/C26H22BrP.BrH/c27-20-23-13-8-7-11-21(23)19-22-12-9-10-18-26(22)28(24-14-3-1-4-15-24)25-16-5-2-6-17-25;/h1-18H,19-20H2;1H. The molecule has 0 heterocycles. The fraction of sp³-hybridized carbons (Fsp3) is 0.0769. The molecular formula is C26H23Br2P. The molecule has 0 saturated heterocycles. The molecule has 0 radical (unpaired) electrons. The second kappa shape index (κ2) is 10.9. The van der Waals surface area contributed by atoms with Gasteiger partial charge in [0.1, 0.15) is 0 Å². The molecule has 29 heavy (non-hydrogen) atoms. The van der Waals surface area contributed by atoms with E-state index in [9.17, 15) is 0 Å². The number of hydrogen-bond acceptors (Lipinski definition) is 0. The molecule has 0 aliphatic rings. The van der Waals surface area contributed by atoms with Gasteiger partial charge in [-0.3, -0.25) is 0 Å². The van der Waals surface area contributed by atoms with Crippen molar-refractivity contribution in [1.29, 1.82) is 0 Å². The minimum atomic E-state index is -0.589. The second-order valence-corrected chi connectivity index (χ2v) is 9.46. The van der Waals surface area contributed by atoms with Crippen LogP contribution in [0.5, 0.6) is 0 Å². The van der Waals surface area contributed by atoms with Gasteiger partial charge < -0.3 is 0 Å². The van der Waals surface area contributed by atoms with Crippen LogP contribution in [0.4, 0.5) is 0 Å². The molecule has 4 aromatic carbocycles. The zero-order valence-electron chi connectivity index (χ0n) is 16.0. The van der Waals surface area contributed by atoms with E-state index in [2.05, 4.69) is 125 Å². The first-order valence-corrected chi connectivity index (χ1v) is 11.9. The zero-order chi connectivity index (χ0) is 19.2. The van der Waals surface area contributed by atoms with Crippen LogP contribution in [0.25, 0.3) is 0 Å². The average molecular weight is 526 g/mol. The molecule has 4 aromatic rings. The van der Waals surface area contributed by atoms with E-state index in [-0.39, 0.29) is 17.0 Å². The molecule has 3 heteroatoms. The minimum absolute atomic E-state index is 0. The van der Waals surface area contributed by atoms with E-state index < -0.39 is 7.92 Å². The largest absolute Gasteiger partial charge is 0.114 e. The molecule has 0 unspecified atom stereocenters. The van der Waals surface area contributed by atoms with Crippen molar-refractivity contribution in [3.8, 4) is 0 Å². The second-order valence-electron chi connectivity index (χ2n) is 6.71. The highest BCUT2D eigenvalue weighted by Gasteiger charge is 2.19. The summed E-state index contributed by atoms with van der Waals surface area (Å²) in [5.41, 5.74) is 4.17. The van der Waals surface area contributed by atoms with Gasteiger partial charge in [-0.05, 0) is 46.9 Å². The minimum Gasteiger partial charge on any atom is -0.114 e. The van der Waals surface area contributed by atoms with Crippen LogP contribution in [0.3, 0.4) is 0 Å². The quantitative estimate of drug-likeness (QED) is 0.199. The van der Waals surface area contributed by atoms with Crippen LogP contribution >= 0.6 is 40.8 Å². The predicted molar refractivity (Wildman–Crippen MR) is 137 cm³/mol. The number of benzene rings is 4. The lowest BCUT2D eigenvalue weighted by atomic mass is 10.0. The van der Waals surface area contributed by atoms with Gasteiger partial charge >= 0.3 is 0 Å². The van der Waals surface area contributed by atoms with Crippen LogP contribution in [-0.4, -0.2) is 0 Å². The Kier molecular flexibility index (Phi) is 8.24. The van der Waals surface area contributed by atoms with Crippen LogP contribution in [0.1, 0.15) is 16.7 Å². The summed E-state index contributed by atoms with van der Waals surface area (Å²) < 4.78 is 0.